The van der Waals surface area contributed by atoms with Gasteiger partial charge >= 0.3 is 11.9 Å². The molecule has 3 atom stereocenters. The van der Waals surface area contributed by atoms with Crippen molar-refractivity contribution in [2.75, 3.05) is 18.9 Å². The largest absolute Gasteiger partial charge is 0.481 e. The van der Waals surface area contributed by atoms with Crippen LogP contribution in [0.3, 0.4) is 0 Å². The zero-order valence-electron chi connectivity index (χ0n) is 11.6. The topological polar surface area (TPSA) is 113 Å². The number of hydrogen-bond donors (Lipinski definition) is 2. The summed E-state index contributed by atoms with van der Waals surface area (Å²) in [5, 5.41) is 11.7. The van der Waals surface area contributed by atoms with Crippen molar-refractivity contribution in [3.8, 4) is 0 Å². The van der Waals surface area contributed by atoms with E-state index in [2.05, 4.69) is 5.32 Å². The number of carbonyl (C=O) groups is 4. The quantitative estimate of drug-likeness (QED) is 0.507. The summed E-state index contributed by atoms with van der Waals surface area (Å²) in [6.07, 6.45) is 0. The monoisotopic (exact) mass is 316 g/mol. The van der Waals surface area contributed by atoms with Crippen molar-refractivity contribution < 1.29 is 29.0 Å². The van der Waals surface area contributed by atoms with Gasteiger partial charge in [-0.1, -0.05) is 0 Å². The van der Waals surface area contributed by atoms with Crippen LogP contribution in [0.2, 0.25) is 0 Å². The van der Waals surface area contributed by atoms with E-state index in [1.165, 1.54) is 30.5 Å². The summed E-state index contributed by atoms with van der Waals surface area (Å²) in [5.41, 5.74) is -1.30. The summed E-state index contributed by atoms with van der Waals surface area (Å²) < 4.78 is 4.84. The Balaban J connectivity index is 2.07. The third-order valence-electron chi connectivity index (χ3n) is 3.51. The molecule has 0 spiro atoms. The number of carbonyl (C=O) groups excluding carboxylic acids is 3. The molecule has 21 heavy (non-hydrogen) atoms. The molecule has 0 radical (unpaired) electrons. The van der Waals surface area contributed by atoms with Gasteiger partial charge in [0.1, 0.15) is 23.4 Å². The Labute approximate surface area is 125 Å². The molecule has 0 saturated carbocycles. The lowest BCUT2D eigenvalue weighted by Gasteiger charge is -2.53. The first kappa shape index (κ1) is 15.6. The molecule has 0 aromatic carbocycles. The summed E-state index contributed by atoms with van der Waals surface area (Å²) in [7, 11) is 0. The van der Waals surface area contributed by atoms with Crippen LogP contribution >= 0.6 is 11.8 Å². The van der Waals surface area contributed by atoms with E-state index in [0.29, 0.717) is 0 Å². The first-order valence-corrected chi connectivity index (χ1v) is 7.38. The van der Waals surface area contributed by atoms with E-state index in [0.717, 1.165) is 0 Å². The van der Waals surface area contributed by atoms with Crippen LogP contribution in [0.5, 0.6) is 0 Å². The number of carboxylic acids is 1. The van der Waals surface area contributed by atoms with Gasteiger partial charge in [-0.3, -0.25) is 19.2 Å². The fourth-order valence-corrected chi connectivity index (χ4v) is 3.89. The van der Waals surface area contributed by atoms with Crippen molar-refractivity contribution in [1.82, 2.24) is 10.2 Å². The third kappa shape index (κ3) is 2.82. The van der Waals surface area contributed by atoms with Gasteiger partial charge < -0.3 is 20.1 Å². The molecule has 2 heterocycles. The Morgan fingerprint density at radius 3 is 2.67 bits per heavy atom. The molecule has 2 unspecified atom stereocenters. The highest BCUT2D eigenvalue weighted by molar-refractivity contribution is 8.00. The number of nitrogens with one attached hydrogen (secondary N) is 1. The minimum atomic E-state index is -1.30. The molecule has 0 bridgehead atoms. The van der Waals surface area contributed by atoms with E-state index >= 15 is 0 Å². The first-order chi connectivity index (χ1) is 9.77. The van der Waals surface area contributed by atoms with Gasteiger partial charge in [-0.2, -0.15) is 0 Å². The number of nitrogens with zero attached hydrogens (tertiary/aromatic N) is 1. The first-order valence-electron chi connectivity index (χ1n) is 6.33. The third-order valence-corrected chi connectivity index (χ3v) is 5.10. The molecule has 2 fully saturated rings. The number of β-lactam (4-membered cyclic amide) rings is 1. The zero-order chi connectivity index (χ0) is 15.8. The molecule has 0 aliphatic carbocycles. The van der Waals surface area contributed by atoms with Gasteiger partial charge in [0.15, 0.2) is 0 Å². The molecule has 9 heteroatoms. The lowest BCUT2D eigenvalue weighted by atomic mass is 9.88. The minimum absolute atomic E-state index is 0.0256. The van der Waals surface area contributed by atoms with Crippen molar-refractivity contribution in [3.63, 3.8) is 0 Å². The normalized spacial score (nSPS) is 31.0. The number of carboxylic acid groups (broad SMARTS) is 1. The van der Waals surface area contributed by atoms with Crippen LogP contribution in [0.15, 0.2) is 0 Å². The van der Waals surface area contributed by atoms with Crippen LogP contribution in [0.1, 0.15) is 13.8 Å². The second-order valence-electron chi connectivity index (χ2n) is 5.21. The number of thioether (sulfide) groups is 1. The Hall–Kier alpha value is -1.77. The molecule has 2 saturated heterocycles. The number of rotatable bonds is 4. The van der Waals surface area contributed by atoms with Crippen LogP contribution in [-0.2, 0) is 23.9 Å². The highest BCUT2D eigenvalue weighted by atomic mass is 32.2. The standard InChI is InChI=1S/C12H16N2O6S/c1-6(15)13-8-9(17)14-3-12(11(18)19,4-20-7(2)16)5-21-10(8)14/h8,10H,3-5H2,1-2H3,(H,13,15)(H,18,19)/t8?,10-,12?/m1/s1. The lowest BCUT2D eigenvalue weighted by molar-refractivity contribution is -0.164. The summed E-state index contributed by atoms with van der Waals surface area (Å²) in [6.45, 7) is 2.23. The highest BCUT2D eigenvalue weighted by Gasteiger charge is 2.57. The number of amides is 2. The number of esters is 1. The summed E-state index contributed by atoms with van der Waals surface area (Å²) in [5.74, 6) is -2.07. The molecular weight excluding hydrogens is 300 g/mol. The van der Waals surface area contributed by atoms with Gasteiger partial charge in [-0.05, 0) is 0 Å². The highest BCUT2D eigenvalue weighted by Crippen LogP contribution is 2.42. The fourth-order valence-electron chi connectivity index (χ4n) is 2.36. The second-order valence-corrected chi connectivity index (χ2v) is 6.32. The Morgan fingerprint density at radius 2 is 2.14 bits per heavy atom. The predicted octanol–water partition coefficient (Wildman–Crippen LogP) is -0.960. The second kappa shape index (κ2) is 5.55. The maximum absolute atomic E-state index is 12.0. The molecule has 8 nitrogen and oxygen atoms in total. The Bertz CT molecular complexity index is 510. The van der Waals surface area contributed by atoms with Gasteiger partial charge in [-0.25, -0.2) is 0 Å². The van der Waals surface area contributed by atoms with Crippen molar-refractivity contribution in [3.05, 3.63) is 0 Å². The molecule has 2 N–H and O–H groups in total. The van der Waals surface area contributed by atoms with E-state index in [4.69, 9.17) is 4.74 Å². The maximum atomic E-state index is 12.0. The lowest BCUT2D eigenvalue weighted by Crippen LogP contribution is -2.74. The minimum Gasteiger partial charge on any atom is -0.481 e. The zero-order valence-corrected chi connectivity index (χ0v) is 12.4. The summed E-state index contributed by atoms with van der Waals surface area (Å²) >= 11 is 1.27. The summed E-state index contributed by atoms with van der Waals surface area (Å²) in [4.78, 5) is 46.8. The summed E-state index contributed by atoms with van der Waals surface area (Å²) in [6, 6.07) is -0.604. The van der Waals surface area contributed by atoms with Crippen molar-refractivity contribution in [2.45, 2.75) is 25.3 Å². The maximum Gasteiger partial charge on any atom is 0.315 e. The van der Waals surface area contributed by atoms with Gasteiger partial charge in [0, 0.05) is 26.1 Å². The van der Waals surface area contributed by atoms with Gasteiger partial charge in [0.25, 0.3) is 0 Å². The van der Waals surface area contributed by atoms with Crippen LogP contribution in [0.4, 0.5) is 0 Å². The van der Waals surface area contributed by atoms with Gasteiger partial charge in [0.05, 0.1) is 0 Å². The molecule has 2 aliphatic heterocycles. The molecule has 2 rings (SSSR count). The molecule has 0 aromatic heterocycles. The Morgan fingerprint density at radius 1 is 1.48 bits per heavy atom. The molecule has 2 amide bonds. The fraction of sp³-hybridized carbons (Fsp3) is 0.667. The number of ether oxygens (including phenoxy) is 1. The number of fused-ring (bicyclic) bond motifs is 1. The smallest absolute Gasteiger partial charge is 0.315 e. The molecule has 2 aliphatic rings. The van der Waals surface area contributed by atoms with Crippen LogP contribution < -0.4 is 5.32 Å². The van der Waals surface area contributed by atoms with Gasteiger partial charge in [0.2, 0.25) is 11.8 Å². The van der Waals surface area contributed by atoms with Crippen LogP contribution in [0.25, 0.3) is 0 Å². The SMILES string of the molecule is CC(=O)NC1C(=O)N2CC(COC(C)=O)(C(=O)O)CS[C@H]12. The van der Waals surface area contributed by atoms with E-state index in [9.17, 15) is 24.3 Å². The van der Waals surface area contributed by atoms with E-state index in [-0.39, 0.29) is 36.1 Å². The Kier molecular flexibility index (Phi) is 4.13. The molecular formula is C12H16N2O6S. The van der Waals surface area contributed by atoms with Crippen molar-refractivity contribution in [1.29, 1.82) is 0 Å². The van der Waals surface area contributed by atoms with E-state index < -0.39 is 23.4 Å². The molecule has 116 valence electrons. The van der Waals surface area contributed by atoms with E-state index in [1.807, 2.05) is 0 Å². The van der Waals surface area contributed by atoms with Crippen LogP contribution in [-0.4, -0.2) is 64.1 Å². The predicted molar refractivity (Wildman–Crippen MR) is 72.3 cm³/mol. The number of hydrogen-bond acceptors (Lipinski definition) is 6. The van der Waals surface area contributed by atoms with Crippen molar-refractivity contribution in [2.24, 2.45) is 5.41 Å². The number of aliphatic carboxylic acids is 1. The van der Waals surface area contributed by atoms with Crippen molar-refractivity contribution >= 4 is 35.5 Å². The van der Waals surface area contributed by atoms with Gasteiger partial charge in [-0.15, -0.1) is 11.8 Å². The van der Waals surface area contributed by atoms with E-state index in [1.54, 1.807) is 0 Å². The van der Waals surface area contributed by atoms with Crippen LogP contribution in [0, 0.1) is 5.41 Å². The molecule has 0 aromatic rings. The average molecular weight is 316 g/mol. The average Bonchev–Trinajstić information content (AvgIpc) is 2.41.